The maximum atomic E-state index is 13.7. The lowest BCUT2D eigenvalue weighted by molar-refractivity contribution is -0.134. The van der Waals surface area contributed by atoms with Gasteiger partial charge in [-0.05, 0) is 31.2 Å². The summed E-state index contributed by atoms with van der Waals surface area (Å²) in [7, 11) is 2.65. The topological polar surface area (TPSA) is 146 Å². The number of hydrogen-bond acceptors (Lipinski definition) is 7. The van der Waals surface area contributed by atoms with E-state index in [-0.39, 0.29) is 24.1 Å². The number of ether oxygens (including phenoxy) is 2. The van der Waals surface area contributed by atoms with Crippen molar-refractivity contribution in [3.8, 4) is 11.4 Å². The van der Waals surface area contributed by atoms with E-state index >= 15 is 0 Å². The van der Waals surface area contributed by atoms with E-state index in [1.54, 1.807) is 34.3 Å². The van der Waals surface area contributed by atoms with Crippen LogP contribution in [0.5, 0.6) is 0 Å². The van der Waals surface area contributed by atoms with Crippen molar-refractivity contribution in [3.63, 3.8) is 0 Å². The Kier molecular flexibility index (Phi) is 7.29. The van der Waals surface area contributed by atoms with Crippen LogP contribution in [0.2, 0.25) is 0 Å². The molecule has 3 N–H and O–H groups in total. The number of aromatic amines is 2. The van der Waals surface area contributed by atoms with Crippen LogP contribution in [0, 0.1) is 0 Å². The average Bonchev–Trinajstić information content (AvgIpc) is 3.75. The third kappa shape index (κ3) is 4.93. The molecule has 2 aliphatic heterocycles. The Morgan fingerprint density at radius 1 is 0.895 bits per heavy atom. The number of carbonyl (C=O) groups is 3. The van der Waals surface area contributed by atoms with Gasteiger partial charge in [-0.15, -0.1) is 0 Å². The van der Waals surface area contributed by atoms with Crippen molar-refractivity contribution in [2.45, 2.75) is 43.8 Å². The van der Waals surface area contributed by atoms with Gasteiger partial charge in [-0.1, -0.05) is 30.3 Å². The van der Waals surface area contributed by atoms with E-state index in [1.165, 1.54) is 14.2 Å². The van der Waals surface area contributed by atoms with Crippen molar-refractivity contribution in [1.82, 2.24) is 35.1 Å². The standard InChI is InChI=1S/C26H31N7O5/c1-37-25(35)31-21(16-8-4-3-5-9-16)24(34)32-12-6-10-19(32)22-27-14-17(29-22)18-15-28-23(30-18)20-11-7-13-33(20)26(36)38-2/h3-5,8-9,14-15,19-21H,6-7,10-13H2,1-2H3,(H,27,29)(H,28,30)(H,31,35)/t19-,20-,21+/m0/s1. The largest absolute Gasteiger partial charge is 0.453 e. The molecule has 1 aromatic carbocycles. The van der Waals surface area contributed by atoms with Gasteiger partial charge in [0.25, 0.3) is 5.91 Å². The van der Waals surface area contributed by atoms with E-state index in [0.717, 1.165) is 37.1 Å². The summed E-state index contributed by atoms with van der Waals surface area (Å²) in [6.07, 6.45) is 5.61. The fraction of sp³-hybridized carbons (Fsp3) is 0.423. The maximum absolute atomic E-state index is 13.7. The number of carbonyl (C=O) groups excluding carboxylic acids is 3. The van der Waals surface area contributed by atoms with Crippen LogP contribution in [-0.4, -0.2) is 75.1 Å². The summed E-state index contributed by atoms with van der Waals surface area (Å²) >= 11 is 0. The van der Waals surface area contributed by atoms with Gasteiger partial charge < -0.3 is 29.7 Å². The van der Waals surface area contributed by atoms with Gasteiger partial charge >= 0.3 is 12.2 Å². The zero-order valence-corrected chi connectivity index (χ0v) is 21.3. The number of amides is 3. The van der Waals surface area contributed by atoms with E-state index in [9.17, 15) is 14.4 Å². The van der Waals surface area contributed by atoms with Crippen molar-refractivity contribution in [2.75, 3.05) is 27.3 Å². The summed E-state index contributed by atoms with van der Waals surface area (Å²) in [5.41, 5.74) is 2.14. The highest BCUT2D eigenvalue weighted by Gasteiger charge is 2.37. The molecule has 2 saturated heterocycles. The smallest absolute Gasteiger partial charge is 0.410 e. The number of benzene rings is 1. The number of methoxy groups -OCH3 is 2. The Bertz CT molecular complexity index is 1290. The van der Waals surface area contributed by atoms with Gasteiger partial charge in [0.1, 0.15) is 17.7 Å². The van der Waals surface area contributed by atoms with Gasteiger partial charge in [0, 0.05) is 13.1 Å². The van der Waals surface area contributed by atoms with Gasteiger partial charge in [0.05, 0.1) is 50.1 Å². The molecule has 12 heteroatoms. The summed E-state index contributed by atoms with van der Waals surface area (Å²) in [5, 5.41) is 2.67. The van der Waals surface area contributed by atoms with Crippen LogP contribution < -0.4 is 5.32 Å². The molecule has 0 unspecified atom stereocenters. The first kappa shape index (κ1) is 25.3. The number of hydrogen-bond donors (Lipinski definition) is 3. The summed E-state index contributed by atoms with van der Waals surface area (Å²) in [6, 6.07) is 7.79. The van der Waals surface area contributed by atoms with Gasteiger partial charge in [-0.3, -0.25) is 9.69 Å². The van der Waals surface area contributed by atoms with E-state index in [1.807, 2.05) is 18.2 Å². The Balaban J connectivity index is 1.34. The average molecular weight is 522 g/mol. The molecule has 0 aliphatic carbocycles. The second-order valence-electron chi connectivity index (χ2n) is 9.35. The molecular formula is C26H31N7O5. The highest BCUT2D eigenvalue weighted by molar-refractivity contribution is 5.87. The van der Waals surface area contributed by atoms with Crippen molar-refractivity contribution in [3.05, 3.63) is 59.9 Å². The highest BCUT2D eigenvalue weighted by Crippen LogP contribution is 2.35. The molecule has 3 aromatic rings. The minimum absolute atomic E-state index is 0.168. The summed E-state index contributed by atoms with van der Waals surface area (Å²) in [5.74, 6) is 1.12. The molecule has 5 rings (SSSR count). The molecule has 3 atom stereocenters. The SMILES string of the molecule is COC(=O)N[C@@H](C(=O)N1CCC[C@H]1c1ncc(-c2cnc([C@@H]3CCCN3C(=O)OC)[nH]2)[nH]1)c1ccccc1. The predicted octanol–water partition coefficient (Wildman–Crippen LogP) is 3.46. The van der Waals surface area contributed by atoms with Gasteiger partial charge in [0.2, 0.25) is 0 Å². The lowest BCUT2D eigenvalue weighted by atomic mass is 10.1. The number of H-pyrrole nitrogens is 2. The third-order valence-electron chi connectivity index (χ3n) is 7.14. The molecule has 4 heterocycles. The van der Waals surface area contributed by atoms with Gasteiger partial charge in [-0.25, -0.2) is 19.6 Å². The molecule has 0 bridgehead atoms. The van der Waals surface area contributed by atoms with Crippen molar-refractivity contribution >= 4 is 18.1 Å². The molecule has 200 valence electrons. The molecule has 12 nitrogen and oxygen atoms in total. The molecule has 2 aliphatic rings. The summed E-state index contributed by atoms with van der Waals surface area (Å²) in [4.78, 5) is 57.0. The van der Waals surface area contributed by atoms with Crippen LogP contribution in [0.15, 0.2) is 42.7 Å². The zero-order valence-electron chi connectivity index (χ0n) is 21.3. The monoisotopic (exact) mass is 521 g/mol. The van der Waals surface area contributed by atoms with E-state index < -0.39 is 12.1 Å². The fourth-order valence-electron chi connectivity index (χ4n) is 5.26. The number of aromatic nitrogens is 4. The molecule has 0 saturated carbocycles. The Labute approximate surface area is 219 Å². The van der Waals surface area contributed by atoms with Gasteiger partial charge in [0.15, 0.2) is 0 Å². The zero-order chi connectivity index (χ0) is 26.6. The van der Waals surface area contributed by atoms with Crippen LogP contribution in [0.1, 0.15) is 61.0 Å². The fourth-order valence-corrected chi connectivity index (χ4v) is 5.26. The maximum Gasteiger partial charge on any atom is 0.410 e. The van der Waals surface area contributed by atoms with Crippen LogP contribution >= 0.6 is 0 Å². The molecule has 0 radical (unpaired) electrons. The Morgan fingerprint density at radius 2 is 1.47 bits per heavy atom. The second-order valence-corrected chi connectivity index (χ2v) is 9.35. The summed E-state index contributed by atoms with van der Waals surface area (Å²) in [6.45, 7) is 1.17. The lowest BCUT2D eigenvalue weighted by Gasteiger charge is -2.28. The number of alkyl carbamates (subject to hydrolysis) is 1. The number of rotatable bonds is 6. The van der Waals surface area contributed by atoms with E-state index in [2.05, 4.69) is 25.3 Å². The summed E-state index contributed by atoms with van der Waals surface area (Å²) < 4.78 is 9.67. The van der Waals surface area contributed by atoms with Crippen molar-refractivity contribution in [2.24, 2.45) is 0 Å². The first-order valence-electron chi connectivity index (χ1n) is 12.6. The number of nitrogens with one attached hydrogen (secondary N) is 3. The lowest BCUT2D eigenvalue weighted by Crippen LogP contribution is -2.42. The van der Waals surface area contributed by atoms with Crippen molar-refractivity contribution in [1.29, 1.82) is 0 Å². The van der Waals surface area contributed by atoms with Gasteiger partial charge in [-0.2, -0.15) is 0 Å². The molecule has 2 fully saturated rings. The molecular weight excluding hydrogens is 490 g/mol. The molecule has 3 amide bonds. The second kappa shape index (κ2) is 11.0. The third-order valence-corrected chi connectivity index (χ3v) is 7.14. The first-order valence-corrected chi connectivity index (χ1v) is 12.6. The van der Waals surface area contributed by atoms with Crippen LogP contribution in [0.4, 0.5) is 9.59 Å². The molecule has 0 spiro atoms. The Hall–Kier alpha value is -4.35. The molecule has 2 aromatic heterocycles. The van der Waals surface area contributed by atoms with Crippen molar-refractivity contribution < 1.29 is 23.9 Å². The minimum atomic E-state index is -0.877. The Morgan fingerprint density at radius 3 is 2.05 bits per heavy atom. The normalized spacial score (nSPS) is 19.8. The quantitative estimate of drug-likeness (QED) is 0.450. The van der Waals surface area contributed by atoms with Crippen LogP contribution in [0.3, 0.4) is 0 Å². The number of imidazole rings is 2. The van der Waals surface area contributed by atoms with E-state index in [0.29, 0.717) is 30.3 Å². The first-order chi connectivity index (χ1) is 18.5. The number of likely N-dealkylation sites (tertiary alicyclic amines) is 2. The predicted molar refractivity (Wildman–Crippen MR) is 136 cm³/mol. The molecule has 38 heavy (non-hydrogen) atoms. The highest BCUT2D eigenvalue weighted by atomic mass is 16.5. The van der Waals surface area contributed by atoms with Crippen LogP contribution in [-0.2, 0) is 14.3 Å². The minimum Gasteiger partial charge on any atom is -0.453 e. The van der Waals surface area contributed by atoms with Crippen LogP contribution in [0.25, 0.3) is 11.4 Å². The number of nitrogens with zero attached hydrogens (tertiary/aromatic N) is 4. The van der Waals surface area contributed by atoms with E-state index in [4.69, 9.17) is 9.47 Å².